The van der Waals surface area contributed by atoms with Gasteiger partial charge in [-0.3, -0.25) is 14.7 Å². The van der Waals surface area contributed by atoms with Crippen molar-refractivity contribution >= 4 is 11.6 Å². The largest absolute Gasteiger partial charge is 0.455 e. The Bertz CT molecular complexity index is 945. The minimum atomic E-state index is -0.179. The molecule has 1 saturated heterocycles. The van der Waals surface area contributed by atoms with Crippen LogP contribution in [0.25, 0.3) is 0 Å². The first-order chi connectivity index (χ1) is 14.7. The second-order valence-electron chi connectivity index (χ2n) is 7.69. The predicted molar refractivity (Wildman–Crippen MR) is 118 cm³/mol. The number of amides is 1. The van der Waals surface area contributed by atoms with E-state index in [1.165, 1.54) is 11.3 Å². The number of piperazine rings is 1. The molecule has 0 unspecified atom stereocenters. The Hall–Kier alpha value is -3.12. The highest BCUT2D eigenvalue weighted by Crippen LogP contribution is 2.18. The lowest BCUT2D eigenvalue weighted by Gasteiger charge is -2.35. The van der Waals surface area contributed by atoms with Crippen molar-refractivity contribution in [3.05, 3.63) is 83.6 Å². The molecule has 1 aliphatic rings. The third kappa shape index (κ3) is 5.27. The molecule has 1 N–H and O–H groups in total. The molecule has 0 atom stereocenters. The summed E-state index contributed by atoms with van der Waals surface area (Å²) in [5.74, 6) is 1.01. The summed E-state index contributed by atoms with van der Waals surface area (Å²) in [5.41, 5.74) is 3.53. The molecule has 1 amide bonds. The van der Waals surface area contributed by atoms with Crippen LogP contribution in [0.4, 0.5) is 5.69 Å². The summed E-state index contributed by atoms with van der Waals surface area (Å²) in [5, 5.41) is 2.90. The van der Waals surface area contributed by atoms with Crippen LogP contribution in [0.5, 0.6) is 0 Å². The van der Waals surface area contributed by atoms with Gasteiger partial charge in [0.25, 0.3) is 5.91 Å². The number of aromatic nitrogens is 1. The molecule has 2 aromatic heterocycles. The molecule has 3 aromatic rings. The third-order valence-electron chi connectivity index (χ3n) is 5.43. The highest BCUT2D eigenvalue weighted by Gasteiger charge is 2.19. The highest BCUT2D eigenvalue weighted by molar-refractivity contribution is 5.91. The highest BCUT2D eigenvalue weighted by atomic mass is 16.4. The van der Waals surface area contributed by atoms with E-state index >= 15 is 0 Å². The standard InChI is InChI=1S/C24H28N4O2/c1-19-5-7-21(8-6-19)28-16-14-27(15-17-28)18-22-9-10-23(30-22)24(29)26-13-11-20-4-2-3-12-25-20/h2-10,12H,11,13-18H2,1H3,(H,26,29). The zero-order valence-electron chi connectivity index (χ0n) is 17.4. The molecule has 0 bridgehead atoms. The predicted octanol–water partition coefficient (Wildman–Crippen LogP) is 3.28. The fraction of sp³-hybridized carbons (Fsp3) is 0.333. The number of benzene rings is 1. The van der Waals surface area contributed by atoms with Crippen LogP contribution in [0.2, 0.25) is 0 Å². The summed E-state index contributed by atoms with van der Waals surface area (Å²) in [6.07, 6.45) is 2.46. The Kier molecular flexibility index (Phi) is 6.44. The van der Waals surface area contributed by atoms with Gasteiger partial charge >= 0.3 is 0 Å². The zero-order chi connectivity index (χ0) is 20.8. The summed E-state index contributed by atoms with van der Waals surface area (Å²) in [6.45, 7) is 7.30. The van der Waals surface area contributed by atoms with Crippen LogP contribution in [0.3, 0.4) is 0 Å². The number of nitrogens with zero attached hydrogens (tertiary/aromatic N) is 3. The van der Waals surface area contributed by atoms with Crippen LogP contribution in [-0.2, 0) is 13.0 Å². The van der Waals surface area contributed by atoms with Crippen LogP contribution in [0.1, 0.15) is 27.6 Å². The molecule has 0 saturated carbocycles. The molecule has 6 nitrogen and oxygen atoms in total. The van der Waals surface area contributed by atoms with E-state index in [0.717, 1.165) is 44.2 Å². The summed E-state index contributed by atoms with van der Waals surface area (Å²) < 4.78 is 5.79. The lowest BCUT2D eigenvalue weighted by atomic mass is 10.2. The lowest BCUT2D eigenvalue weighted by Crippen LogP contribution is -2.45. The Morgan fingerprint density at radius 3 is 2.57 bits per heavy atom. The molecular formula is C24H28N4O2. The van der Waals surface area contributed by atoms with Gasteiger partial charge in [-0.05, 0) is 43.3 Å². The van der Waals surface area contributed by atoms with Gasteiger partial charge in [-0.25, -0.2) is 0 Å². The number of nitrogens with one attached hydrogen (secondary N) is 1. The number of furan rings is 1. The van der Waals surface area contributed by atoms with E-state index in [9.17, 15) is 4.79 Å². The topological polar surface area (TPSA) is 61.6 Å². The molecule has 0 aliphatic carbocycles. The Morgan fingerprint density at radius 2 is 1.83 bits per heavy atom. The molecule has 156 valence electrons. The Morgan fingerprint density at radius 1 is 1.03 bits per heavy atom. The molecule has 0 radical (unpaired) electrons. The van der Waals surface area contributed by atoms with Crippen molar-refractivity contribution in [1.29, 1.82) is 0 Å². The van der Waals surface area contributed by atoms with E-state index in [1.807, 2.05) is 24.3 Å². The number of hydrogen-bond acceptors (Lipinski definition) is 5. The zero-order valence-corrected chi connectivity index (χ0v) is 17.4. The molecule has 1 aromatic carbocycles. The van der Waals surface area contributed by atoms with Gasteiger partial charge in [0.1, 0.15) is 5.76 Å². The van der Waals surface area contributed by atoms with Gasteiger partial charge in [-0.1, -0.05) is 23.8 Å². The minimum Gasteiger partial charge on any atom is -0.455 e. The number of aryl methyl sites for hydroxylation is 1. The second kappa shape index (κ2) is 9.59. The number of hydrogen-bond donors (Lipinski definition) is 1. The first kappa shape index (κ1) is 20.2. The van der Waals surface area contributed by atoms with E-state index < -0.39 is 0 Å². The maximum atomic E-state index is 12.3. The molecule has 30 heavy (non-hydrogen) atoms. The summed E-state index contributed by atoms with van der Waals surface area (Å²) in [4.78, 5) is 21.4. The Labute approximate surface area is 177 Å². The van der Waals surface area contributed by atoms with Crippen LogP contribution < -0.4 is 10.2 Å². The van der Waals surface area contributed by atoms with Gasteiger partial charge in [0.15, 0.2) is 5.76 Å². The van der Waals surface area contributed by atoms with Gasteiger partial charge in [0.2, 0.25) is 0 Å². The van der Waals surface area contributed by atoms with E-state index in [2.05, 4.69) is 51.3 Å². The summed E-state index contributed by atoms with van der Waals surface area (Å²) in [6, 6.07) is 18.1. The number of carbonyl (C=O) groups is 1. The van der Waals surface area contributed by atoms with E-state index in [4.69, 9.17) is 4.42 Å². The first-order valence-electron chi connectivity index (χ1n) is 10.5. The fourth-order valence-electron chi connectivity index (χ4n) is 3.66. The van der Waals surface area contributed by atoms with Crippen LogP contribution in [0, 0.1) is 6.92 Å². The van der Waals surface area contributed by atoms with Gasteiger partial charge in [-0.15, -0.1) is 0 Å². The average molecular weight is 405 g/mol. The fourth-order valence-corrected chi connectivity index (χ4v) is 3.66. The normalized spacial score (nSPS) is 14.6. The molecule has 6 heteroatoms. The third-order valence-corrected chi connectivity index (χ3v) is 5.43. The molecular weight excluding hydrogens is 376 g/mol. The van der Waals surface area contributed by atoms with Gasteiger partial charge in [-0.2, -0.15) is 0 Å². The van der Waals surface area contributed by atoms with E-state index in [-0.39, 0.29) is 5.91 Å². The number of pyridine rings is 1. The van der Waals surface area contributed by atoms with Crippen molar-refractivity contribution in [2.24, 2.45) is 0 Å². The van der Waals surface area contributed by atoms with Crippen LogP contribution in [0.15, 0.2) is 65.2 Å². The van der Waals surface area contributed by atoms with Crippen molar-refractivity contribution < 1.29 is 9.21 Å². The monoisotopic (exact) mass is 404 g/mol. The molecule has 0 spiro atoms. The van der Waals surface area contributed by atoms with E-state index in [1.54, 1.807) is 12.3 Å². The maximum Gasteiger partial charge on any atom is 0.287 e. The molecule has 1 fully saturated rings. The SMILES string of the molecule is Cc1ccc(N2CCN(Cc3ccc(C(=O)NCCc4ccccn4)o3)CC2)cc1. The number of carbonyl (C=O) groups excluding carboxylic acids is 1. The van der Waals surface area contributed by atoms with Crippen molar-refractivity contribution in [2.75, 3.05) is 37.6 Å². The van der Waals surface area contributed by atoms with E-state index in [0.29, 0.717) is 18.7 Å². The van der Waals surface area contributed by atoms with Crippen LogP contribution >= 0.6 is 0 Å². The number of anilines is 1. The average Bonchev–Trinajstić information content (AvgIpc) is 3.24. The van der Waals surface area contributed by atoms with Crippen molar-refractivity contribution in [3.63, 3.8) is 0 Å². The van der Waals surface area contributed by atoms with Gasteiger partial charge in [0.05, 0.1) is 6.54 Å². The van der Waals surface area contributed by atoms with Crippen LogP contribution in [-0.4, -0.2) is 48.5 Å². The quantitative estimate of drug-likeness (QED) is 0.655. The minimum absolute atomic E-state index is 0.179. The molecule has 3 heterocycles. The lowest BCUT2D eigenvalue weighted by molar-refractivity contribution is 0.0922. The number of rotatable bonds is 7. The van der Waals surface area contributed by atoms with Gasteiger partial charge in [0, 0.05) is 56.7 Å². The van der Waals surface area contributed by atoms with Crippen molar-refractivity contribution in [3.8, 4) is 0 Å². The molecule has 1 aliphatic heterocycles. The van der Waals surface area contributed by atoms with Crippen molar-refractivity contribution in [2.45, 2.75) is 19.9 Å². The summed E-state index contributed by atoms with van der Waals surface area (Å²) in [7, 11) is 0. The Balaban J connectivity index is 1.22. The molecule has 4 rings (SSSR count). The smallest absolute Gasteiger partial charge is 0.287 e. The second-order valence-corrected chi connectivity index (χ2v) is 7.69. The van der Waals surface area contributed by atoms with Crippen molar-refractivity contribution in [1.82, 2.24) is 15.2 Å². The maximum absolute atomic E-state index is 12.3. The van der Waals surface area contributed by atoms with Gasteiger partial charge < -0.3 is 14.6 Å². The summed E-state index contributed by atoms with van der Waals surface area (Å²) >= 11 is 0. The first-order valence-corrected chi connectivity index (χ1v) is 10.5.